The number of hydrogen-bond donors (Lipinski definition) is 1. The molecule has 1 N–H and O–H groups in total. The van der Waals surface area contributed by atoms with Crippen molar-refractivity contribution in [3.8, 4) is 16.2 Å². The molecule has 22 heavy (non-hydrogen) atoms. The van der Waals surface area contributed by atoms with Crippen LogP contribution in [0.4, 0.5) is 11.4 Å². The fraction of sp³-hybridized carbons (Fsp3) is 0.118. The smallest absolute Gasteiger partial charge is 0.284 e. The van der Waals surface area contributed by atoms with Crippen LogP contribution in [-0.2, 0) is 7.05 Å². The van der Waals surface area contributed by atoms with Crippen LogP contribution in [0.1, 0.15) is 0 Å². The van der Waals surface area contributed by atoms with Gasteiger partial charge in [0.25, 0.3) is 5.56 Å². The summed E-state index contributed by atoms with van der Waals surface area (Å²) in [7, 11) is 3.41. The van der Waals surface area contributed by atoms with Gasteiger partial charge in [-0.15, -0.1) is 0 Å². The fourth-order valence-electron chi connectivity index (χ4n) is 2.19. The van der Waals surface area contributed by atoms with Crippen molar-refractivity contribution in [1.29, 1.82) is 0 Å². The molecule has 0 aliphatic heterocycles. The third kappa shape index (κ3) is 2.76. The predicted octanol–water partition coefficient (Wildman–Crippen LogP) is 3.87. The summed E-state index contributed by atoms with van der Waals surface area (Å²) >= 11 is 1.44. The molecule has 0 aliphatic carbocycles. The average Bonchev–Trinajstić information content (AvgIpc) is 2.85. The van der Waals surface area contributed by atoms with E-state index in [2.05, 4.69) is 5.32 Å². The van der Waals surface area contributed by atoms with E-state index in [9.17, 15) is 4.79 Å². The number of nitrogens with one attached hydrogen (secondary N) is 1. The molecule has 0 unspecified atom stereocenters. The van der Waals surface area contributed by atoms with Gasteiger partial charge in [0.05, 0.1) is 12.0 Å². The fourth-order valence-corrected chi connectivity index (χ4v) is 3.11. The maximum absolute atomic E-state index is 12.4. The van der Waals surface area contributed by atoms with Crippen LogP contribution in [0.5, 0.6) is 5.75 Å². The highest BCUT2D eigenvalue weighted by molar-refractivity contribution is 7.10. The second kappa shape index (κ2) is 6.07. The summed E-state index contributed by atoms with van der Waals surface area (Å²) in [5.41, 5.74) is 2.46. The summed E-state index contributed by atoms with van der Waals surface area (Å²) in [6.45, 7) is 0. The number of aryl methyl sites for hydroxylation is 1. The van der Waals surface area contributed by atoms with Crippen LogP contribution in [0.3, 0.4) is 0 Å². The molecule has 1 heterocycles. The summed E-state index contributed by atoms with van der Waals surface area (Å²) in [5.74, 6) is 0.784. The molecular formula is C17H16N2O2S. The highest BCUT2D eigenvalue weighted by atomic mass is 32.1. The number of aromatic nitrogens is 1. The molecule has 4 nitrogen and oxygen atoms in total. The number of benzene rings is 2. The first-order chi connectivity index (χ1) is 10.7. The molecule has 5 heteroatoms. The maximum atomic E-state index is 12.4. The van der Waals surface area contributed by atoms with Crippen LogP contribution in [-0.4, -0.2) is 11.1 Å². The number of nitrogens with zero attached hydrogens (tertiary/aromatic N) is 1. The number of anilines is 2. The molecule has 0 saturated carbocycles. The van der Waals surface area contributed by atoms with Gasteiger partial charge in [-0.1, -0.05) is 41.9 Å². The maximum Gasteiger partial charge on any atom is 0.284 e. The summed E-state index contributed by atoms with van der Waals surface area (Å²) < 4.78 is 6.78. The molecule has 3 rings (SSSR count). The van der Waals surface area contributed by atoms with E-state index < -0.39 is 0 Å². The first-order valence-electron chi connectivity index (χ1n) is 6.86. The van der Waals surface area contributed by atoms with Crippen LogP contribution in [0.25, 0.3) is 10.4 Å². The molecule has 0 aliphatic rings. The summed E-state index contributed by atoms with van der Waals surface area (Å²) in [4.78, 5) is 13.3. The number of hydrogen-bond acceptors (Lipinski definition) is 4. The van der Waals surface area contributed by atoms with E-state index in [1.54, 1.807) is 18.1 Å². The topological polar surface area (TPSA) is 43.3 Å². The molecular weight excluding hydrogens is 296 g/mol. The van der Waals surface area contributed by atoms with Gasteiger partial charge in [0, 0.05) is 12.7 Å². The second-order valence-corrected chi connectivity index (χ2v) is 5.96. The summed E-state index contributed by atoms with van der Waals surface area (Å²) in [5, 5.41) is 3.23. The van der Waals surface area contributed by atoms with E-state index in [0.29, 0.717) is 5.69 Å². The molecule has 0 saturated heterocycles. The molecule has 0 fully saturated rings. The molecule has 0 bridgehead atoms. The molecule has 0 amide bonds. The third-order valence-corrected chi connectivity index (χ3v) is 4.41. The first-order valence-corrected chi connectivity index (χ1v) is 7.63. The van der Waals surface area contributed by atoms with Crippen molar-refractivity contribution in [3.05, 3.63) is 65.0 Å². The van der Waals surface area contributed by atoms with Crippen LogP contribution >= 0.6 is 11.5 Å². The number of methoxy groups -OCH3 is 1. The largest absolute Gasteiger partial charge is 0.497 e. The number of rotatable bonds is 4. The second-order valence-electron chi connectivity index (χ2n) is 4.82. The zero-order valence-corrected chi connectivity index (χ0v) is 13.2. The Morgan fingerprint density at radius 3 is 2.36 bits per heavy atom. The Labute approximate surface area is 132 Å². The highest BCUT2D eigenvalue weighted by Gasteiger charge is 2.15. The molecule has 1 aromatic heterocycles. The Hall–Kier alpha value is -2.53. The minimum atomic E-state index is -0.0281. The van der Waals surface area contributed by atoms with Gasteiger partial charge >= 0.3 is 0 Å². The van der Waals surface area contributed by atoms with Gasteiger partial charge in [0.15, 0.2) is 0 Å². The number of ether oxygens (including phenoxy) is 1. The lowest BCUT2D eigenvalue weighted by molar-refractivity contribution is 0.415. The van der Waals surface area contributed by atoms with Crippen molar-refractivity contribution in [3.63, 3.8) is 0 Å². The summed E-state index contributed by atoms with van der Waals surface area (Å²) in [6.07, 6.45) is 0. The van der Waals surface area contributed by atoms with Crippen molar-refractivity contribution in [2.24, 2.45) is 7.05 Å². The monoisotopic (exact) mass is 312 g/mol. The lowest BCUT2D eigenvalue weighted by Crippen LogP contribution is -2.12. The van der Waals surface area contributed by atoms with E-state index in [4.69, 9.17) is 4.74 Å². The van der Waals surface area contributed by atoms with Crippen LogP contribution in [0, 0.1) is 0 Å². The summed E-state index contributed by atoms with van der Waals surface area (Å²) in [6, 6.07) is 17.4. The van der Waals surface area contributed by atoms with Crippen molar-refractivity contribution in [2.75, 3.05) is 12.4 Å². The molecule has 0 spiro atoms. The molecule has 3 aromatic rings. The van der Waals surface area contributed by atoms with E-state index in [1.807, 2.05) is 54.6 Å². The minimum absolute atomic E-state index is 0.0281. The molecule has 112 valence electrons. The molecule has 0 radical (unpaired) electrons. The average molecular weight is 312 g/mol. The van der Waals surface area contributed by atoms with E-state index in [0.717, 1.165) is 21.9 Å². The minimum Gasteiger partial charge on any atom is -0.497 e. The van der Waals surface area contributed by atoms with E-state index >= 15 is 0 Å². The van der Waals surface area contributed by atoms with Gasteiger partial charge in [0.2, 0.25) is 0 Å². The van der Waals surface area contributed by atoms with Crippen molar-refractivity contribution < 1.29 is 4.74 Å². The molecule has 2 aromatic carbocycles. The van der Waals surface area contributed by atoms with Gasteiger partial charge in [0.1, 0.15) is 11.4 Å². The first kappa shape index (κ1) is 14.4. The van der Waals surface area contributed by atoms with Gasteiger partial charge in [-0.05, 0) is 29.8 Å². The molecule has 0 atom stereocenters. The normalized spacial score (nSPS) is 10.5. The predicted molar refractivity (Wildman–Crippen MR) is 91.3 cm³/mol. The zero-order valence-electron chi connectivity index (χ0n) is 12.4. The van der Waals surface area contributed by atoms with Gasteiger partial charge in [-0.3, -0.25) is 8.75 Å². The van der Waals surface area contributed by atoms with Crippen molar-refractivity contribution in [2.45, 2.75) is 0 Å². The van der Waals surface area contributed by atoms with Crippen molar-refractivity contribution >= 4 is 22.9 Å². The zero-order chi connectivity index (χ0) is 15.5. The van der Waals surface area contributed by atoms with E-state index in [-0.39, 0.29) is 5.56 Å². The van der Waals surface area contributed by atoms with Crippen LogP contribution in [0.15, 0.2) is 59.4 Å². The van der Waals surface area contributed by atoms with Gasteiger partial charge in [-0.2, -0.15) is 0 Å². The lowest BCUT2D eigenvalue weighted by atomic mass is 10.1. The van der Waals surface area contributed by atoms with Gasteiger partial charge in [-0.25, -0.2) is 0 Å². The van der Waals surface area contributed by atoms with Crippen LogP contribution in [0.2, 0.25) is 0 Å². The third-order valence-electron chi connectivity index (χ3n) is 3.35. The van der Waals surface area contributed by atoms with E-state index in [1.165, 1.54) is 11.5 Å². The Kier molecular flexibility index (Phi) is 3.98. The Bertz CT molecular complexity index is 820. The van der Waals surface area contributed by atoms with Crippen molar-refractivity contribution in [1.82, 2.24) is 3.96 Å². The van der Waals surface area contributed by atoms with Gasteiger partial charge < -0.3 is 10.1 Å². The standard InChI is InChI=1S/C17H16N2O2S/c1-19-17(20)15(16(22-19)12-6-4-3-5-7-12)18-13-8-10-14(21-2)11-9-13/h3-11,18H,1-2H3. The Morgan fingerprint density at radius 1 is 1.05 bits per heavy atom. The Balaban J connectivity index is 2.01. The highest BCUT2D eigenvalue weighted by Crippen LogP contribution is 2.32. The lowest BCUT2D eigenvalue weighted by Gasteiger charge is -2.07. The Morgan fingerprint density at radius 2 is 1.73 bits per heavy atom. The van der Waals surface area contributed by atoms with Crippen LogP contribution < -0.4 is 15.6 Å². The SMILES string of the molecule is COc1ccc(Nc2c(-c3ccccc3)sn(C)c2=O)cc1. The quantitative estimate of drug-likeness (QED) is 0.795.